The zero-order valence-electron chi connectivity index (χ0n) is 25.8. The Morgan fingerprint density at radius 1 is 1.02 bits per heavy atom. The summed E-state index contributed by atoms with van der Waals surface area (Å²) in [7, 11) is 0. The number of amides is 2. The van der Waals surface area contributed by atoms with Gasteiger partial charge in [0.25, 0.3) is 11.5 Å². The van der Waals surface area contributed by atoms with E-state index in [1.807, 2.05) is 0 Å². The summed E-state index contributed by atoms with van der Waals surface area (Å²) in [6.07, 6.45) is 0.289. The molecule has 4 aromatic rings. The predicted octanol–water partition coefficient (Wildman–Crippen LogP) is 2.53. The predicted molar refractivity (Wildman–Crippen MR) is 171 cm³/mol. The van der Waals surface area contributed by atoms with Gasteiger partial charge >= 0.3 is 0 Å². The van der Waals surface area contributed by atoms with E-state index in [1.165, 1.54) is 17.4 Å². The van der Waals surface area contributed by atoms with Crippen LogP contribution in [0.2, 0.25) is 0 Å². The molecule has 0 radical (unpaired) electrons. The van der Waals surface area contributed by atoms with Gasteiger partial charge in [0.15, 0.2) is 16.7 Å². The molecule has 2 aliphatic heterocycles. The number of imide groups is 1. The van der Waals surface area contributed by atoms with E-state index >= 15 is 0 Å². The third-order valence-corrected chi connectivity index (χ3v) is 8.61. The second-order valence-electron chi connectivity index (χ2n) is 10.9. The summed E-state index contributed by atoms with van der Waals surface area (Å²) in [4.78, 5) is 43.4. The highest BCUT2D eigenvalue weighted by molar-refractivity contribution is 7.14. The van der Waals surface area contributed by atoms with Crippen LogP contribution < -0.4 is 25.8 Å². The smallest absolute Gasteiger partial charge is 0.278 e. The Balaban J connectivity index is 0.922. The molecule has 0 spiro atoms. The van der Waals surface area contributed by atoms with Gasteiger partial charge in [-0.15, -0.1) is 16.4 Å². The fourth-order valence-corrected chi connectivity index (χ4v) is 6.12. The lowest BCUT2D eigenvalue weighted by molar-refractivity contribution is -0.136. The van der Waals surface area contributed by atoms with Crippen LogP contribution >= 0.6 is 11.3 Å². The van der Waals surface area contributed by atoms with Crippen molar-refractivity contribution in [3.63, 3.8) is 0 Å². The van der Waals surface area contributed by atoms with Crippen molar-refractivity contribution < 1.29 is 37.3 Å². The summed E-state index contributed by atoms with van der Waals surface area (Å²) in [6, 6.07) is 6.64. The first-order chi connectivity index (χ1) is 23.4. The average molecular weight is 686 g/mol. The maximum Gasteiger partial charge on any atom is 0.278 e. The number of morpholine rings is 1. The van der Waals surface area contributed by atoms with E-state index in [0.29, 0.717) is 61.9 Å². The second kappa shape index (κ2) is 15.5. The Morgan fingerprint density at radius 2 is 1.81 bits per heavy atom. The fourth-order valence-electron chi connectivity index (χ4n) is 5.24. The van der Waals surface area contributed by atoms with E-state index in [0.717, 1.165) is 15.9 Å². The molecule has 2 N–H and O–H groups in total. The molecule has 254 valence electrons. The van der Waals surface area contributed by atoms with Gasteiger partial charge in [-0.25, -0.2) is 9.37 Å². The van der Waals surface area contributed by atoms with Gasteiger partial charge in [-0.05, 0) is 36.8 Å². The van der Waals surface area contributed by atoms with Crippen LogP contribution in [0.15, 0.2) is 40.5 Å². The molecule has 0 bridgehead atoms. The molecule has 0 saturated carbocycles. The fraction of sp³-hybridized carbons (Fsp3) is 0.419. The molecule has 6 rings (SSSR count). The van der Waals surface area contributed by atoms with E-state index in [-0.39, 0.29) is 56.3 Å². The van der Waals surface area contributed by atoms with Crippen LogP contribution in [0.5, 0.6) is 5.75 Å². The summed E-state index contributed by atoms with van der Waals surface area (Å²) >= 11 is 1.42. The molecule has 48 heavy (non-hydrogen) atoms. The van der Waals surface area contributed by atoms with Crippen LogP contribution in [-0.4, -0.2) is 97.7 Å². The van der Waals surface area contributed by atoms with Gasteiger partial charge in [0.1, 0.15) is 18.2 Å². The van der Waals surface area contributed by atoms with Crippen molar-refractivity contribution in [3.8, 4) is 17.0 Å². The minimum atomic E-state index is -1.08. The SMILES string of the molecule is O=C1CCC(n2nnc3ccc(NCCOCCOCCOc4c(-c5csc(N6CCOCC6)n5)ccc(F)c4F)cc3c2=O)C(=O)N1. The number of ether oxygens (including phenoxy) is 4. The van der Waals surface area contributed by atoms with Crippen molar-refractivity contribution in [1.82, 2.24) is 25.3 Å². The molecule has 17 heteroatoms. The van der Waals surface area contributed by atoms with E-state index < -0.39 is 29.1 Å². The number of rotatable bonds is 14. The van der Waals surface area contributed by atoms with Crippen molar-refractivity contribution in [3.05, 3.63) is 57.7 Å². The Labute approximate surface area is 276 Å². The molecule has 14 nitrogen and oxygen atoms in total. The van der Waals surface area contributed by atoms with Crippen LogP contribution in [0.25, 0.3) is 22.2 Å². The highest BCUT2D eigenvalue weighted by Gasteiger charge is 2.30. The second-order valence-corrected chi connectivity index (χ2v) is 11.7. The number of halogens is 2. The molecule has 1 atom stereocenters. The summed E-state index contributed by atoms with van der Waals surface area (Å²) < 4.78 is 51.9. The maximum absolute atomic E-state index is 14.7. The van der Waals surface area contributed by atoms with Crippen molar-refractivity contribution in [2.45, 2.75) is 18.9 Å². The molecular weight excluding hydrogens is 652 g/mol. The third kappa shape index (κ3) is 7.75. The topological polar surface area (TPSA) is 159 Å². The molecule has 1 unspecified atom stereocenters. The molecule has 2 aromatic heterocycles. The molecule has 2 saturated heterocycles. The standard InChI is InChI=1S/C31H33F2N7O7S/c32-22-3-2-20(24-18-48-31(35-24)39-8-11-45-12-9-39)28(27(22)33)47-16-15-46-14-13-44-10-7-34-19-1-4-23-21(17-19)30(43)40(38-37-23)25-5-6-26(41)36-29(25)42/h1-4,17-18,25,34H,5-16H2,(H,36,41,42). The number of aromatic nitrogens is 4. The number of thiazole rings is 1. The number of hydrogen-bond donors (Lipinski definition) is 2. The highest BCUT2D eigenvalue weighted by atomic mass is 32.1. The highest BCUT2D eigenvalue weighted by Crippen LogP contribution is 2.36. The summed E-state index contributed by atoms with van der Waals surface area (Å²) in [5, 5.41) is 16.2. The lowest BCUT2D eigenvalue weighted by Gasteiger charge is -2.26. The zero-order chi connectivity index (χ0) is 33.5. The van der Waals surface area contributed by atoms with Gasteiger partial charge in [-0.2, -0.15) is 9.07 Å². The van der Waals surface area contributed by atoms with Crippen LogP contribution in [-0.2, 0) is 23.8 Å². The van der Waals surface area contributed by atoms with E-state index in [1.54, 1.807) is 23.6 Å². The summed E-state index contributed by atoms with van der Waals surface area (Å²) in [5.74, 6) is -3.27. The average Bonchev–Trinajstić information content (AvgIpc) is 3.59. The Hall–Kier alpha value is -4.58. The van der Waals surface area contributed by atoms with Crippen LogP contribution in [0.1, 0.15) is 18.9 Å². The lowest BCUT2D eigenvalue weighted by atomic mass is 10.1. The van der Waals surface area contributed by atoms with Gasteiger partial charge in [0.2, 0.25) is 11.7 Å². The minimum absolute atomic E-state index is 0.00697. The number of nitrogens with one attached hydrogen (secondary N) is 2. The van der Waals surface area contributed by atoms with E-state index in [4.69, 9.17) is 18.9 Å². The van der Waals surface area contributed by atoms with Gasteiger partial charge in [0.05, 0.1) is 50.7 Å². The number of nitrogens with zero attached hydrogens (tertiary/aromatic N) is 5. The number of benzene rings is 2. The van der Waals surface area contributed by atoms with Crippen LogP contribution in [0.3, 0.4) is 0 Å². The van der Waals surface area contributed by atoms with E-state index in [2.05, 4.69) is 30.8 Å². The Kier molecular flexibility index (Phi) is 10.8. The summed E-state index contributed by atoms with van der Waals surface area (Å²) in [6.45, 7) is 4.08. The molecular formula is C31H33F2N7O7S. The zero-order valence-corrected chi connectivity index (χ0v) is 26.6. The van der Waals surface area contributed by atoms with Crippen molar-refractivity contribution in [2.75, 3.05) is 76.1 Å². The van der Waals surface area contributed by atoms with Gasteiger partial charge in [0, 0.05) is 42.7 Å². The van der Waals surface area contributed by atoms with Crippen molar-refractivity contribution in [2.24, 2.45) is 0 Å². The van der Waals surface area contributed by atoms with Gasteiger partial charge in [-0.1, -0.05) is 5.21 Å². The van der Waals surface area contributed by atoms with Crippen molar-refractivity contribution >= 4 is 44.9 Å². The molecule has 2 aliphatic rings. The first-order valence-electron chi connectivity index (χ1n) is 15.4. The molecule has 0 aliphatic carbocycles. The first kappa shape index (κ1) is 33.3. The normalized spacial score (nSPS) is 16.7. The number of carbonyl (C=O) groups is 2. The Morgan fingerprint density at radius 3 is 2.62 bits per heavy atom. The van der Waals surface area contributed by atoms with Gasteiger partial charge in [-0.3, -0.25) is 19.7 Å². The van der Waals surface area contributed by atoms with Crippen molar-refractivity contribution in [1.29, 1.82) is 0 Å². The van der Waals surface area contributed by atoms with E-state index in [9.17, 15) is 23.2 Å². The molecule has 2 fully saturated rings. The molecule has 4 heterocycles. The number of fused-ring (bicyclic) bond motifs is 1. The quantitative estimate of drug-likeness (QED) is 0.148. The van der Waals surface area contributed by atoms with Crippen LogP contribution in [0, 0.1) is 11.6 Å². The number of carbonyl (C=O) groups excluding carboxylic acids is 2. The Bertz CT molecular complexity index is 1830. The monoisotopic (exact) mass is 685 g/mol. The molecule has 2 amide bonds. The largest absolute Gasteiger partial charge is 0.487 e. The maximum atomic E-state index is 14.7. The number of anilines is 2. The van der Waals surface area contributed by atoms with Gasteiger partial charge < -0.3 is 29.2 Å². The van der Waals surface area contributed by atoms with Crippen LogP contribution in [0.4, 0.5) is 19.6 Å². The minimum Gasteiger partial charge on any atom is -0.487 e. The number of piperidine rings is 1. The first-order valence-corrected chi connectivity index (χ1v) is 16.3. The third-order valence-electron chi connectivity index (χ3n) is 7.71. The lowest BCUT2D eigenvalue weighted by Crippen LogP contribution is -2.45. The number of hydrogen-bond acceptors (Lipinski definition) is 13. The molecule has 2 aromatic carbocycles. The summed E-state index contributed by atoms with van der Waals surface area (Å²) in [5.41, 5.74) is 1.41.